The summed E-state index contributed by atoms with van der Waals surface area (Å²) in [5, 5.41) is 2.27. The molecule has 0 heterocycles. The van der Waals surface area contributed by atoms with Gasteiger partial charge >= 0.3 is 0 Å². The molecule has 0 bridgehead atoms. The van der Waals surface area contributed by atoms with E-state index >= 15 is 0 Å². The first-order chi connectivity index (χ1) is 5.66. The summed E-state index contributed by atoms with van der Waals surface area (Å²) >= 11 is 0. The van der Waals surface area contributed by atoms with Crippen LogP contribution in [-0.2, 0) is 14.9 Å². The molecule has 0 aromatic rings. The molecule has 5 nitrogen and oxygen atoms in total. The summed E-state index contributed by atoms with van der Waals surface area (Å²) in [6.45, 7) is 5.97. The molecule has 13 heavy (non-hydrogen) atoms. The number of amides is 1. The standard InChI is InChI=1S/C7H11NO4S/c1-4-6(9)8-7(2,3)5-13(10,11)12/h4-5H,1H2,2-3H3,(H-,8,9,10,11,12). The minimum absolute atomic E-state index is 0.529. The normalized spacial score (nSPS) is 11.9. The van der Waals surface area contributed by atoms with Gasteiger partial charge in [-0.15, -0.1) is 0 Å². The van der Waals surface area contributed by atoms with Gasteiger partial charge in [0.2, 0.25) is 11.7 Å². The minimum Gasteiger partial charge on any atom is -0.711 e. The van der Waals surface area contributed by atoms with Gasteiger partial charge in [0.15, 0.2) is 5.54 Å². The second-order valence-electron chi connectivity index (χ2n) is 3.03. The average Bonchev–Trinajstić information content (AvgIpc) is 1.80. The summed E-state index contributed by atoms with van der Waals surface area (Å²) < 4.78 is 31.0. The number of nitrogens with one attached hydrogen (secondary N) is 1. The van der Waals surface area contributed by atoms with Crippen LogP contribution in [0.3, 0.4) is 0 Å². The molecule has 0 saturated carbocycles. The van der Waals surface area contributed by atoms with E-state index in [-0.39, 0.29) is 0 Å². The van der Waals surface area contributed by atoms with Gasteiger partial charge in [-0.3, -0.25) is 4.79 Å². The molecule has 6 heteroatoms. The molecule has 0 saturated heterocycles. The molecule has 0 aromatic carbocycles. The van der Waals surface area contributed by atoms with Crippen LogP contribution in [0.4, 0.5) is 0 Å². The van der Waals surface area contributed by atoms with E-state index in [9.17, 15) is 17.8 Å². The van der Waals surface area contributed by atoms with Crippen molar-refractivity contribution in [3.8, 4) is 0 Å². The van der Waals surface area contributed by atoms with Crippen LogP contribution < -0.4 is 5.32 Å². The van der Waals surface area contributed by atoms with Crippen LogP contribution in [0.5, 0.6) is 0 Å². The second-order valence-corrected chi connectivity index (χ2v) is 4.25. The monoisotopic (exact) mass is 205 g/mol. The molecular formula is C7H11NO4S. The van der Waals surface area contributed by atoms with Crippen molar-refractivity contribution in [2.75, 3.05) is 0 Å². The highest BCUT2D eigenvalue weighted by Crippen LogP contribution is 2.10. The number of carbonyl (C=O) groups is 1. The highest BCUT2D eigenvalue weighted by atomic mass is 32.2. The van der Waals surface area contributed by atoms with Crippen LogP contribution in [0.25, 0.3) is 0 Å². The zero-order valence-corrected chi connectivity index (χ0v) is 8.22. The Morgan fingerprint density at radius 3 is 2.38 bits per heavy atom. The van der Waals surface area contributed by atoms with Crippen LogP contribution in [0.15, 0.2) is 12.7 Å². The van der Waals surface area contributed by atoms with Gasteiger partial charge in [-0.1, -0.05) is 6.58 Å². The van der Waals surface area contributed by atoms with Gasteiger partial charge in [0.25, 0.3) is 10.1 Å². The molecule has 1 N–H and O–H groups in total. The summed E-state index contributed by atoms with van der Waals surface area (Å²) in [7, 11) is -4.46. The third-order valence-electron chi connectivity index (χ3n) is 1.07. The zero-order chi connectivity index (χ0) is 10.7. The summed E-state index contributed by atoms with van der Waals surface area (Å²) in [5.74, 6) is -0.00796. The molecule has 0 rings (SSSR count). The van der Waals surface area contributed by atoms with Crippen molar-refractivity contribution in [1.29, 1.82) is 0 Å². The van der Waals surface area contributed by atoms with Crippen molar-refractivity contribution < 1.29 is 17.8 Å². The van der Waals surface area contributed by atoms with E-state index in [2.05, 4.69) is 11.9 Å². The third-order valence-corrected chi connectivity index (χ3v) is 1.95. The molecule has 0 aliphatic rings. The van der Waals surface area contributed by atoms with Crippen molar-refractivity contribution in [1.82, 2.24) is 5.32 Å². The predicted molar refractivity (Wildman–Crippen MR) is 46.4 cm³/mol. The zero-order valence-electron chi connectivity index (χ0n) is 7.40. The molecule has 74 valence electrons. The van der Waals surface area contributed by atoms with Crippen molar-refractivity contribution in [2.45, 2.75) is 19.4 Å². The molecule has 0 aliphatic carbocycles. The Hall–Kier alpha value is -1.01. The van der Waals surface area contributed by atoms with E-state index in [4.69, 9.17) is 0 Å². The van der Waals surface area contributed by atoms with E-state index in [1.165, 1.54) is 13.8 Å². The fraction of sp³-hybridized carbons (Fsp3) is 0.429. The Balaban J connectivity index is 4.41. The molecule has 0 atom stereocenters. The van der Waals surface area contributed by atoms with Crippen LogP contribution in [0, 0.1) is 5.75 Å². The van der Waals surface area contributed by atoms with E-state index in [0.717, 1.165) is 6.08 Å². The summed E-state index contributed by atoms with van der Waals surface area (Å²) in [6, 6.07) is 0. The average molecular weight is 205 g/mol. The largest absolute Gasteiger partial charge is 0.711 e. The number of hydrogen-bond donors (Lipinski definition) is 1. The SMILES string of the molecule is C=CC(=O)NC(C)(C)[CH+]S(=O)(=O)[O-]. The van der Waals surface area contributed by atoms with Gasteiger partial charge in [-0.2, -0.15) is 8.42 Å². The lowest BCUT2D eigenvalue weighted by molar-refractivity contribution is -0.117. The van der Waals surface area contributed by atoms with E-state index in [0.29, 0.717) is 5.75 Å². The van der Waals surface area contributed by atoms with E-state index in [1.807, 2.05) is 0 Å². The van der Waals surface area contributed by atoms with Crippen LogP contribution >= 0.6 is 0 Å². The van der Waals surface area contributed by atoms with Crippen molar-refractivity contribution >= 4 is 16.0 Å². The van der Waals surface area contributed by atoms with Gasteiger partial charge in [-0.25, -0.2) is 0 Å². The highest BCUT2D eigenvalue weighted by Gasteiger charge is 2.32. The van der Waals surface area contributed by atoms with E-state index < -0.39 is 21.6 Å². The first kappa shape index (κ1) is 12.0. The maximum Gasteiger partial charge on any atom is 0.252 e. The molecule has 0 fully saturated rings. The third kappa shape index (κ3) is 6.18. The molecule has 1 amide bonds. The highest BCUT2D eigenvalue weighted by molar-refractivity contribution is 7.87. The number of rotatable bonds is 4. The Labute approximate surface area is 77.6 Å². The van der Waals surface area contributed by atoms with Gasteiger partial charge in [0.05, 0.1) is 0 Å². The summed E-state index contributed by atoms with van der Waals surface area (Å²) in [6.07, 6.45) is 0.993. The van der Waals surface area contributed by atoms with Gasteiger partial charge in [0.1, 0.15) is 0 Å². The van der Waals surface area contributed by atoms with Crippen LogP contribution in [0.2, 0.25) is 0 Å². The lowest BCUT2D eigenvalue weighted by Gasteiger charge is -2.17. The fourth-order valence-electron chi connectivity index (χ4n) is 0.759. The lowest BCUT2D eigenvalue weighted by atomic mass is 10.1. The maximum absolute atomic E-state index is 10.8. The topological polar surface area (TPSA) is 86.3 Å². The number of hydrogen-bond acceptors (Lipinski definition) is 4. The Bertz CT molecular complexity index is 304. The molecular weight excluding hydrogens is 194 g/mol. The van der Waals surface area contributed by atoms with Crippen molar-refractivity contribution in [2.24, 2.45) is 0 Å². The van der Waals surface area contributed by atoms with Crippen LogP contribution in [0.1, 0.15) is 13.8 Å². The van der Waals surface area contributed by atoms with E-state index in [1.54, 1.807) is 0 Å². The second kappa shape index (κ2) is 3.80. The number of carbonyl (C=O) groups excluding carboxylic acids is 1. The quantitative estimate of drug-likeness (QED) is 0.390. The molecule has 0 unspecified atom stereocenters. The predicted octanol–water partition coefficient (Wildman–Crippen LogP) is -0.226. The van der Waals surface area contributed by atoms with Crippen molar-refractivity contribution in [3.63, 3.8) is 0 Å². The fourth-order valence-corrected chi connectivity index (χ4v) is 1.54. The van der Waals surface area contributed by atoms with Gasteiger partial charge in [-0.05, 0) is 6.08 Å². The Kier molecular flexibility index (Phi) is 3.50. The Morgan fingerprint density at radius 2 is 2.08 bits per heavy atom. The smallest absolute Gasteiger partial charge is 0.252 e. The van der Waals surface area contributed by atoms with Gasteiger partial charge in [0, 0.05) is 13.8 Å². The van der Waals surface area contributed by atoms with Crippen molar-refractivity contribution in [3.05, 3.63) is 18.4 Å². The molecule has 0 aromatic heterocycles. The molecule has 0 spiro atoms. The first-order valence-corrected chi connectivity index (χ1v) is 4.90. The van der Waals surface area contributed by atoms with Gasteiger partial charge < -0.3 is 9.87 Å². The van der Waals surface area contributed by atoms with Crippen LogP contribution in [-0.4, -0.2) is 24.4 Å². The Morgan fingerprint density at radius 1 is 1.62 bits per heavy atom. The summed E-state index contributed by atoms with van der Waals surface area (Å²) in [5.41, 5.74) is -1.19. The lowest BCUT2D eigenvalue weighted by Crippen LogP contribution is -2.44. The molecule has 0 aliphatic heterocycles. The maximum atomic E-state index is 10.8. The minimum atomic E-state index is -4.46. The molecule has 0 radical (unpaired) electrons. The first-order valence-electron chi connectivity index (χ1n) is 3.43. The summed E-state index contributed by atoms with van der Waals surface area (Å²) in [4.78, 5) is 10.8.